The Bertz CT molecular complexity index is 922. The molecule has 9 heteroatoms. The van der Waals surface area contributed by atoms with E-state index in [9.17, 15) is 4.79 Å². The van der Waals surface area contributed by atoms with E-state index in [4.69, 9.17) is 4.74 Å². The molecule has 0 aromatic carbocycles. The number of likely N-dealkylation sites (tertiary alicyclic amines) is 1. The summed E-state index contributed by atoms with van der Waals surface area (Å²) in [6, 6.07) is 5.46. The molecule has 4 heterocycles. The summed E-state index contributed by atoms with van der Waals surface area (Å²) in [6.07, 6.45) is 6.36. The zero-order valence-corrected chi connectivity index (χ0v) is 16.7. The van der Waals surface area contributed by atoms with Gasteiger partial charge in [0.2, 0.25) is 11.8 Å². The molecule has 0 unspecified atom stereocenters. The Labute approximate surface area is 169 Å². The molecule has 0 atom stereocenters. The number of carbonyl (C=O) groups is 1. The van der Waals surface area contributed by atoms with Crippen LogP contribution in [0.1, 0.15) is 36.2 Å². The van der Waals surface area contributed by atoms with Crippen molar-refractivity contribution in [3.63, 3.8) is 0 Å². The minimum Gasteiger partial charge on any atom is -0.473 e. The third kappa shape index (κ3) is 4.44. The molecule has 1 saturated heterocycles. The number of carbonyl (C=O) groups excluding carboxylic acids is 1. The van der Waals surface area contributed by atoms with Crippen LogP contribution in [0, 0.1) is 13.8 Å². The largest absolute Gasteiger partial charge is 0.473 e. The maximum atomic E-state index is 12.6. The van der Waals surface area contributed by atoms with Gasteiger partial charge in [-0.2, -0.15) is 10.2 Å². The summed E-state index contributed by atoms with van der Waals surface area (Å²) < 4.78 is 7.60. The van der Waals surface area contributed by atoms with E-state index in [2.05, 4.69) is 25.5 Å². The molecule has 3 aromatic heterocycles. The molecular formula is C20H25N7O2. The Hall–Kier alpha value is -3.23. The quantitative estimate of drug-likeness (QED) is 0.685. The molecule has 0 spiro atoms. The smallest absolute Gasteiger partial charge is 0.233 e. The summed E-state index contributed by atoms with van der Waals surface area (Å²) >= 11 is 0. The number of rotatable bonds is 6. The van der Waals surface area contributed by atoms with E-state index in [-0.39, 0.29) is 12.0 Å². The molecule has 1 aliphatic heterocycles. The van der Waals surface area contributed by atoms with Crippen molar-refractivity contribution in [3.8, 4) is 11.7 Å². The average Bonchev–Trinajstić information content (AvgIpc) is 3.38. The van der Waals surface area contributed by atoms with Crippen LogP contribution >= 0.6 is 0 Å². The monoisotopic (exact) mass is 395 g/mol. The normalized spacial score (nSPS) is 14.9. The third-order valence-electron chi connectivity index (χ3n) is 5.32. The first-order chi connectivity index (χ1) is 14.1. The molecule has 1 N–H and O–H groups in total. The number of aromatic amines is 1. The number of aryl methyl sites for hydroxylation is 2. The number of nitrogens with zero attached hydrogens (tertiary/aromatic N) is 6. The van der Waals surface area contributed by atoms with Gasteiger partial charge >= 0.3 is 0 Å². The van der Waals surface area contributed by atoms with Gasteiger partial charge in [-0.1, -0.05) is 0 Å². The van der Waals surface area contributed by atoms with Crippen LogP contribution in [-0.4, -0.2) is 60.2 Å². The molecular weight excluding hydrogens is 370 g/mol. The summed E-state index contributed by atoms with van der Waals surface area (Å²) in [4.78, 5) is 14.5. The molecule has 1 aliphatic rings. The Morgan fingerprint density at radius 2 is 2.07 bits per heavy atom. The fraction of sp³-hybridized carbons (Fsp3) is 0.450. The van der Waals surface area contributed by atoms with Crippen molar-refractivity contribution in [2.45, 2.75) is 45.6 Å². The second kappa shape index (κ2) is 8.42. The van der Waals surface area contributed by atoms with E-state index in [0.717, 1.165) is 36.2 Å². The van der Waals surface area contributed by atoms with Crippen molar-refractivity contribution in [3.05, 3.63) is 47.5 Å². The summed E-state index contributed by atoms with van der Waals surface area (Å²) in [5.74, 6) is 1.33. The first-order valence-corrected chi connectivity index (χ1v) is 9.89. The first-order valence-electron chi connectivity index (χ1n) is 9.89. The predicted octanol–water partition coefficient (Wildman–Crippen LogP) is 2.00. The van der Waals surface area contributed by atoms with E-state index in [1.54, 1.807) is 16.9 Å². The number of ether oxygens (including phenoxy) is 1. The minimum absolute atomic E-state index is 0.0438. The maximum absolute atomic E-state index is 12.6. The van der Waals surface area contributed by atoms with Crippen molar-refractivity contribution in [1.29, 1.82) is 0 Å². The van der Waals surface area contributed by atoms with Crippen molar-refractivity contribution < 1.29 is 9.53 Å². The number of nitrogens with one attached hydrogen (secondary N) is 1. The van der Waals surface area contributed by atoms with Crippen LogP contribution < -0.4 is 4.74 Å². The van der Waals surface area contributed by atoms with Crippen LogP contribution in [0.2, 0.25) is 0 Å². The van der Waals surface area contributed by atoms with Crippen LogP contribution in [0.4, 0.5) is 0 Å². The van der Waals surface area contributed by atoms with Crippen molar-refractivity contribution in [2.75, 3.05) is 13.1 Å². The lowest BCUT2D eigenvalue weighted by Crippen LogP contribution is -2.42. The highest BCUT2D eigenvalue weighted by molar-refractivity contribution is 5.76. The van der Waals surface area contributed by atoms with Crippen molar-refractivity contribution in [2.24, 2.45) is 0 Å². The van der Waals surface area contributed by atoms with E-state index < -0.39 is 0 Å². The first kappa shape index (κ1) is 19.1. The number of hydrogen-bond acceptors (Lipinski definition) is 6. The number of hydrogen-bond donors (Lipinski definition) is 1. The topological polar surface area (TPSA) is 102 Å². The lowest BCUT2D eigenvalue weighted by molar-refractivity contribution is -0.132. The number of piperidine rings is 1. The molecule has 0 saturated carbocycles. The van der Waals surface area contributed by atoms with Gasteiger partial charge in [-0.25, -0.2) is 4.68 Å². The lowest BCUT2D eigenvalue weighted by atomic mass is 10.0. The van der Waals surface area contributed by atoms with Gasteiger partial charge in [0, 0.05) is 56.5 Å². The lowest BCUT2D eigenvalue weighted by Gasteiger charge is -2.32. The van der Waals surface area contributed by atoms with Crippen LogP contribution in [0.3, 0.4) is 0 Å². The van der Waals surface area contributed by atoms with Gasteiger partial charge in [-0.05, 0) is 38.0 Å². The fourth-order valence-electron chi connectivity index (χ4n) is 3.63. The molecule has 29 heavy (non-hydrogen) atoms. The Morgan fingerprint density at radius 3 is 2.69 bits per heavy atom. The highest BCUT2D eigenvalue weighted by Crippen LogP contribution is 2.19. The molecule has 1 amide bonds. The van der Waals surface area contributed by atoms with Crippen molar-refractivity contribution in [1.82, 2.24) is 35.1 Å². The van der Waals surface area contributed by atoms with Gasteiger partial charge < -0.3 is 9.64 Å². The summed E-state index contributed by atoms with van der Waals surface area (Å²) in [5.41, 5.74) is 3.16. The van der Waals surface area contributed by atoms with Gasteiger partial charge in [0.25, 0.3) is 0 Å². The van der Waals surface area contributed by atoms with E-state index >= 15 is 0 Å². The summed E-state index contributed by atoms with van der Waals surface area (Å²) in [7, 11) is 0. The molecule has 9 nitrogen and oxygen atoms in total. The predicted molar refractivity (Wildman–Crippen MR) is 106 cm³/mol. The highest BCUT2D eigenvalue weighted by atomic mass is 16.5. The standard InChI is InChI=1S/C20H25N7O2/c1-14-17(15(2)23-22-14)4-7-20(28)26-12-8-16(9-13-26)29-19-6-5-18(24-25-19)27-11-3-10-21-27/h3,5-6,10-11,16H,4,7-9,12-13H2,1-2H3,(H,22,23). The molecule has 4 rings (SSSR count). The second-order valence-electron chi connectivity index (χ2n) is 7.29. The zero-order valence-electron chi connectivity index (χ0n) is 16.7. The molecule has 152 valence electrons. The SMILES string of the molecule is Cc1n[nH]c(C)c1CCC(=O)N1CCC(Oc2ccc(-n3cccn3)nn2)CC1. The summed E-state index contributed by atoms with van der Waals surface area (Å²) in [6.45, 7) is 5.36. The number of H-pyrrole nitrogens is 1. The Kier molecular flexibility index (Phi) is 5.55. The van der Waals surface area contributed by atoms with Crippen molar-refractivity contribution >= 4 is 5.91 Å². The van der Waals surface area contributed by atoms with Crippen LogP contribution in [0.15, 0.2) is 30.6 Å². The number of aromatic nitrogens is 6. The Morgan fingerprint density at radius 1 is 1.24 bits per heavy atom. The maximum Gasteiger partial charge on any atom is 0.233 e. The Balaban J connectivity index is 1.24. The van der Waals surface area contributed by atoms with Gasteiger partial charge in [-0.15, -0.1) is 10.2 Å². The third-order valence-corrected chi connectivity index (χ3v) is 5.32. The fourth-order valence-corrected chi connectivity index (χ4v) is 3.63. The average molecular weight is 395 g/mol. The van der Waals surface area contributed by atoms with Crippen LogP contribution in [-0.2, 0) is 11.2 Å². The van der Waals surface area contributed by atoms with Gasteiger partial charge in [0.15, 0.2) is 5.82 Å². The second-order valence-corrected chi connectivity index (χ2v) is 7.29. The van der Waals surface area contributed by atoms with Gasteiger partial charge in [0.05, 0.1) is 5.69 Å². The number of amides is 1. The van der Waals surface area contributed by atoms with Gasteiger partial charge in [-0.3, -0.25) is 9.89 Å². The van der Waals surface area contributed by atoms with E-state index in [1.807, 2.05) is 37.1 Å². The molecule has 1 fully saturated rings. The highest BCUT2D eigenvalue weighted by Gasteiger charge is 2.24. The van der Waals surface area contributed by atoms with E-state index in [1.165, 1.54) is 0 Å². The molecule has 0 aliphatic carbocycles. The molecule has 0 bridgehead atoms. The minimum atomic E-state index is 0.0438. The zero-order chi connectivity index (χ0) is 20.2. The molecule has 0 radical (unpaired) electrons. The van der Waals surface area contributed by atoms with Crippen LogP contribution in [0.25, 0.3) is 5.82 Å². The van der Waals surface area contributed by atoms with Gasteiger partial charge in [0.1, 0.15) is 6.10 Å². The van der Waals surface area contributed by atoms with Crippen LogP contribution in [0.5, 0.6) is 5.88 Å². The van der Waals surface area contributed by atoms with E-state index in [0.29, 0.717) is 31.2 Å². The molecule has 3 aromatic rings. The summed E-state index contributed by atoms with van der Waals surface area (Å²) in [5, 5.41) is 19.6.